The van der Waals surface area contributed by atoms with Crippen LogP contribution in [0.3, 0.4) is 0 Å². The summed E-state index contributed by atoms with van der Waals surface area (Å²) in [7, 11) is 1.95. The van der Waals surface area contributed by atoms with Crippen molar-refractivity contribution in [3.8, 4) is 0 Å². The molecular weight excluding hydrogens is 405 g/mol. The monoisotopic (exact) mass is 433 g/mol. The van der Waals surface area contributed by atoms with Gasteiger partial charge < -0.3 is 14.5 Å². The van der Waals surface area contributed by atoms with Crippen molar-refractivity contribution in [1.82, 2.24) is 24.4 Å². The molecule has 0 aliphatic heterocycles. The highest BCUT2D eigenvalue weighted by molar-refractivity contribution is 5.95. The number of benzene rings is 1. The first-order valence-electron chi connectivity index (χ1n) is 10.9. The Balaban J connectivity index is 1.69. The quantitative estimate of drug-likeness (QED) is 0.453. The Morgan fingerprint density at radius 2 is 1.91 bits per heavy atom. The minimum atomic E-state index is -0.298. The second kappa shape index (κ2) is 8.94. The number of fused-ring (bicyclic) bond motifs is 1. The van der Waals surface area contributed by atoms with Gasteiger partial charge in [-0.1, -0.05) is 25.5 Å². The van der Waals surface area contributed by atoms with E-state index in [-0.39, 0.29) is 11.7 Å². The van der Waals surface area contributed by atoms with Crippen molar-refractivity contribution in [2.24, 2.45) is 7.05 Å². The SMILES string of the molecule is CCCc1ccnc2nc(CN(Cc3ccc(F)cc3)C(=O)c3cc(C)n(C)c3C)[nH]c12. The topological polar surface area (TPSA) is 66.8 Å². The Labute approximate surface area is 187 Å². The zero-order valence-electron chi connectivity index (χ0n) is 18.9. The van der Waals surface area contributed by atoms with Gasteiger partial charge >= 0.3 is 0 Å². The van der Waals surface area contributed by atoms with Crippen LogP contribution >= 0.6 is 0 Å². The highest BCUT2D eigenvalue weighted by atomic mass is 19.1. The molecule has 0 aliphatic carbocycles. The summed E-state index contributed by atoms with van der Waals surface area (Å²) in [5, 5.41) is 0. The van der Waals surface area contributed by atoms with Crippen LogP contribution in [0.5, 0.6) is 0 Å². The molecular formula is C25H28FN5O. The standard InChI is InChI=1S/C25H28FN5O/c1-5-6-19-11-12-27-24-23(19)28-22(29-24)15-31(14-18-7-9-20(26)10-8-18)25(32)21-13-16(2)30(4)17(21)3/h7-13H,5-6,14-15H2,1-4H3,(H,27,28,29). The first-order chi connectivity index (χ1) is 15.4. The Bertz CT molecular complexity index is 1260. The first-order valence-corrected chi connectivity index (χ1v) is 10.9. The van der Waals surface area contributed by atoms with Crippen molar-refractivity contribution >= 4 is 17.1 Å². The van der Waals surface area contributed by atoms with E-state index in [9.17, 15) is 9.18 Å². The van der Waals surface area contributed by atoms with Crippen LogP contribution in [0.25, 0.3) is 11.2 Å². The van der Waals surface area contributed by atoms with Gasteiger partial charge in [-0.2, -0.15) is 0 Å². The summed E-state index contributed by atoms with van der Waals surface area (Å²) in [6.07, 6.45) is 3.73. The Morgan fingerprint density at radius 3 is 2.56 bits per heavy atom. The largest absolute Gasteiger partial charge is 0.351 e. The van der Waals surface area contributed by atoms with Gasteiger partial charge in [-0.05, 0) is 55.7 Å². The summed E-state index contributed by atoms with van der Waals surface area (Å²) < 4.78 is 15.4. The van der Waals surface area contributed by atoms with E-state index < -0.39 is 0 Å². The molecule has 4 aromatic rings. The number of imidazole rings is 1. The lowest BCUT2D eigenvalue weighted by Crippen LogP contribution is -2.31. The third-order valence-corrected chi connectivity index (χ3v) is 5.97. The number of carbonyl (C=O) groups excluding carboxylic acids is 1. The summed E-state index contributed by atoms with van der Waals surface area (Å²) in [5.74, 6) is 0.294. The van der Waals surface area contributed by atoms with Crippen LogP contribution < -0.4 is 0 Å². The second-order valence-electron chi connectivity index (χ2n) is 8.23. The number of nitrogens with zero attached hydrogens (tertiary/aromatic N) is 4. The number of aromatic amines is 1. The van der Waals surface area contributed by atoms with E-state index >= 15 is 0 Å². The van der Waals surface area contributed by atoms with Gasteiger partial charge in [0.2, 0.25) is 0 Å². The van der Waals surface area contributed by atoms with E-state index in [4.69, 9.17) is 0 Å². The first kappa shape index (κ1) is 21.7. The predicted molar refractivity (Wildman–Crippen MR) is 123 cm³/mol. The molecule has 0 aliphatic rings. The van der Waals surface area contributed by atoms with Gasteiger partial charge in [0, 0.05) is 31.2 Å². The lowest BCUT2D eigenvalue weighted by Gasteiger charge is -2.22. The fourth-order valence-electron chi connectivity index (χ4n) is 4.00. The van der Waals surface area contributed by atoms with E-state index in [1.165, 1.54) is 17.7 Å². The lowest BCUT2D eigenvalue weighted by molar-refractivity contribution is 0.0725. The lowest BCUT2D eigenvalue weighted by atomic mass is 10.1. The number of H-pyrrole nitrogens is 1. The van der Waals surface area contributed by atoms with Crippen LogP contribution in [-0.2, 0) is 26.6 Å². The van der Waals surface area contributed by atoms with Crippen LogP contribution in [0.2, 0.25) is 0 Å². The Kier molecular flexibility index (Phi) is 6.08. The van der Waals surface area contributed by atoms with Gasteiger partial charge in [-0.15, -0.1) is 0 Å². The molecule has 3 heterocycles. The van der Waals surface area contributed by atoms with Gasteiger partial charge in [0.05, 0.1) is 17.6 Å². The molecule has 0 bridgehead atoms. The summed E-state index contributed by atoms with van der Waals surface area (Å²) in [4.78, 5) is 27.7. The summed E-state index contributed by atoms with van der Waals surface area (Å²) in [6.45, 7) is 6.70. The van der Waals surface area contributed by atoms with Crippen molar-refractivity contribution in [1.29, 1.82) is 0 Å². The minimum absolute atomic E-state index is 0.0854. The molecule has 1 N–H and O–H groups in total. The summed E-state index contributed by atoms with van der Waals surface area (Å²) >= 11 is 0. The van der Waals surface area contributed by atoms with Crippen LogP contribution in [0.1, 0.15) is 52.0 Å². The summed E-state index contributed by atoms with van der Waals surface area (Å²) in [5.41, 5.74) is 6.19. The van der Waals surface area contributed by atoms with Gasteiger partial charge in [0.1, 0.15) is 11.6 Å². The zero-order chi connectivity index (χ0) is 22.8. The molecule has 0 saturated carbocycles. The summed E-state index contributed by atoms with van der Waals surface area (Å²) in [6, 6.07) is 10.2. The number of hydrogen-bond donors (Lipinski definition) is 1. The zero-order valence-corrected chi connectivity index (χ0v) is 18.9. The minimum Gasteiger partial charge on any atom is -0.351 e. The molecule has 4 rings (SSSR count). The Morgan fingerprint density at radius 1 is 1.16 bits per heavy atom. The normalized spacial score (nSPS) is 11.3. The van der Waals surface area contributed by atoms with Crippen molar-refractivity contribution in [2.45, 2.75) is 46.7 Å². The van der Waals surface area contributed by atoms with Crippen LogP contribution in [-0.4, -0.2) is 30.3 Å². The number of aromatic nitrogens is 4. The number of carbonyl (C=O) groups is 1. The van der Waals surface area contributed by atoms with E-state index in [1.807, 2.05) is 37.6 Å². The molecule has 0 radical (unpaired) electrons. The maximum Gasteiger partial charge on any atom is 0.256 e. The highest BCUT2D eigenvalue weighted by Gasteiger charge is 2.23. The third-order valence-electron chi connectivity index (χ3n) is 5.97. The van der Waals surface area contributed by atoms with Crippen molar-refractivity contribution < 1.29 is 9.18 Å². The smallest absolute Gasteiger partial charge is 0.256 e. The van der Waals surface area contributed by atoms with E-state index in [1.54, 1.807) is 23.2 Å². The number of aryl methyl sites for hydroxylation is 2. The maximum atomic E-state index is 13.6. The van der Waals surface area contributed by atoms with Crippen LogP contribution in [0, 0.1) is 19.7 Å². The molecule has 0 unspecified atom stereocenters. The third kappa shape index (κ3) is 4.28. The molecule has 1 amide bonds. The van der Waals surface area contributed by atoms with Crippen LogP contribution in [0.15, 0.2) is 42.6 Å². The van der Waals surface area contributed by atoms with Crippen LogP contribution in [0.4, 0.5) is 4.39 Å². The average Bonchev–Trinajstić information content (AvgIpc) is 3.31. The predicted octanol–water partition coefficient (Wildman–Crippen LogP) is 4.85. The maximum absolute atomic E-state index is 13.6. The average molecular weight is 434 g/mol. The molecule has 0 saturated heterocycles. The van der Waals surface area contributed by atoms with Crippen molar-refractivity contribution in [3.63, 3.8) is 0 Å². The number of halogens is 1. The van der Waals surface area contributed by atoms with Crippen molar-refractivity contribution in [2.75, 3.05) is 0 Å². The van der Waals surface area contributed by atoms with Gasteiger partial charge in [-0.3, -0.25) is 4.79 Å². The van der Waals surface area contributed by atoms with Gasteiger partial charge in [0.25, 0.3) is 5.91 Å². The molecule has 3 aromatic heterocycles. The van der Waals surface area contributed by atoms with E-state index in [0.29, 0.717) is 30.1 Å². The fraction of sp³-hybridized carbons (Fsp3) is 0.320. The molecule has 0 atom stereocenters. The molecule has 32 heavy (non-hydrogen) atoms. The van der Waals surface area contributed by atoms with E-state index in [0.717, 1.165) is 35.3 Å². The molecule has 0 spiro atoms. The second-order valence-corrected chi connectivity index (χ2v) is 8.23. The van der Waals surface area contributed by atoms with Gasteiger partial charge in [-0.25, -0.2) is 14.4 Å². The van der Waals surface area contributed by atoms with E-state index in [2.05, 4.69) is 21.9 Å². The highest BCUT2D eigenvalue weighted by Crippen LogP contribution is 2.21. The van der Waals surface area contributed by atoms with Crippen molar-refractivity contribution in [3.05, 3.63) is 82.3 Å². The number of hydrogen-bond acceptors (Lipinski definition) is 3. The molecule has 1 aromatic carbocycles. The number of nitrogens with one attached hydrogen (secondary N) is 1. The molecule has 6 nitrogen and oxygen atoms in total. The fourth-order valence-corrected chi connectivity index (χ4v) is 4.00. The molecule has 0 fully saturated rings. The number of pyridine rings is 1. The molecule has 7 heteroatoms. The number of rotatable bonds is 7. The Hall–Kier alpha value is -3.48. The van der Waals surface area contributed by atoms with Gasteiger partial charge in [0.15, 0.2) is 5.65 Å². The molecule has 166 valence electrons. The number of amides is 1.